The Hall–Kier alpha value is -1.58. The first-order valence-corrected chi connectivity index (χ1v) is 15.3. The molecule has 2 aliphatic carbocycles. The van der Waals surface area contributed by atoms with Gasteiger partial charge in [0.25, 0.3) is 0 Å². The fraction of sp³-hybridized carbons (Fsp3) is 0.583. The fourth-order valence-corrected chi connectivity index (χ4v) is 7.83. The first-order chi connectivity index (χ1) is 18.5. The van der Waals surface area contributed by atoms with E-state index in [1.165, 1.54) is 21.9 Å². The number of aliphatic hydroxyl groups excluding tert-OH is 2. The Bertz CT molecular complexity index is 1230. The molecule has 3 aromatic rings. The van der Waals surface area contributed by atoms with Crippen LogP contribution in [-0.4, -0.2) is 27.4 Å². The number of aryl methyl sites for hydroxylation is 2. The van der Waals surface area contributed by atoms with Gasteiger partial charge in [-0.15, -0.1) is 34.9 Å². The summed E-state index contributed by atoms with van der Waals surface area (Å²) >= 11 is 0. The first-order valence-electron chi connectivity index (χ1n) is 15.3. The van der Waals surface area contributed by atoms with Gasteiger partial charge in [-0.25, -0.2) is 0 Å². The molecule has 5 rings (SSSR count). The number of rotatable bonds is 6. The van der Waals surface area contributed by atoms with Gasteiger partial charge in [0.1, 0.15) is 0 Å². The minimum atomic E-state index is -0.299. The molecule has 40 heavy (non-hydrogen) atoms. The third kappa shape index (κ3) is 5.98. The Balaban J connectivity index is 0.000000218. The number of pyridine rings is 1. The van der Waals surface area contributed by atoms with Crippen molar-refractivity contribution >= 4 is 10.8 Å². The van der Waals surface area contributed by atoms with Crippen molar-refractivity contribution in [2.75, 3.05) is 0 Å². The van der Waals surface area contributed by atoms with Crippen LogP contribution in [0.4, 0.5) is 0 Å². The van der Waals surface area contributed by atoms with Crippen molar-refractivity contribution in [1.82, 2.24) is 4.98 Å². The van der Waals surface area contributed by atoms with Crippen molar-refractivity contribution in [2.24, 2.45) is 22.7 Å². The summed E-state index contributed by atoms with van der Waals surface area (Å²) < 4.78 is 0. The average Bonchev–Trinajstić information content (AvgIpc) is 3.37. The number of fused-ring (bicyclic) bond motifs is 2. The third-order valence-corrected chi connectivity index (χ3v) is 10.5. The smallest absolute Gasteiger partial charge is 0.0651 e. The maximum Gasteiger partial charge on any atom is 0.0651 e. The van der Waals surface area contributed by atoms with Crippen LogP contribution >= 0.6 is 0 Å². The van der Waals surface area contributed by atoms with Crippen LogP contribution in [0.5, 0.6) is 0 Å². The Morgan fingerprint density at radius 3 is 1.93 bits per heavy atom. The van der Waals surface area contributed by atoms with Crippen LogP contribution in [-0.2, 0) is 20.1 Å². The average molecular weight is 721 g/mol. The molecule has 2 fully saturated rings. The van der Waals surface area contributed by atoms with Crippen molar-refractivity contribution in [1.29, 1.82) is 0 Å². The van der Waals surface area contributed by atoms with Crippen molar-refractivity contribution in [3.05, 3.63) is 65.4 Å². The number of nitrogens with zero attached hydrogens (tertiary/aromatic N) is 1. The summed E-state index contributed by atoms with van der Waals surface area (Å²) in [4.78, 5) is 4.63. The fourth-order valence-electron chi connectivity index (χ4n) is 7.83. The largest absolute Gasteiger partial charge is 0.392 e. The van der Waals surface area contributed by atoms with Crippen molar-refractivity contribution in [2.45, 2.75) is 112 Å². The Kier molecular flexibility index (Phi) is 10.8. The maximum atomic E-state index is 10.7. The molecule has 1 aromatic heterocycles. The number of hydrogen-bond donors (Lipinski definition) is 2. The van der Waals surface area contributed by atoms with Crippen LogP contribution in [0.25, 0.3) is 22.0 Å². The van der Waals surface area contributed by atoms with E-state index >= 15 is 0 Å². The van der Waals surface area contributed by atoms with Crippen molar-refractivity contribution in [3.63, 3.8) is 0 Å². The molecule has 0 spiro atoms. The summed E-state index contributed by atoms with van der Waals surface area (Å²) in [6.45, 7) is 17.4. The minimum Gasteiger partial charge on any atom is -0.392 e. The maximum absolute atomic E-state index is 10.7. The summed E-state index contributed by atoms with van der Waals surface area (Å²) in [5.74, 6) is 1.19. The Labute approximate surface area is 256 Å². The van der Waals surface area contributed by atoms with E-state index in [2.05, 4.69) is 103 Å². The molecule has 221 valence electrons. The Morgan fingerprint density at radius 2 is 1.45 bits per heavy atom. The predicted octanol–water partition coefficient (Wildman–Crippen LogP) is 8.80. The summed E-state index contributed by atoms with van der Waals surface area (Å²) in [7, 11) is 0. The second-order valence-electron chi connectivity index (χ2n) is 12.8. The standard InChI is InChI=1S/C20H20N.C16H30O2.Ir/c1-13(2)17-6-5-16-7-8-21-20(19(16)12-17)18-10-14(3)9-15(4)11-18;1-5-15(6-2)9-11-10-16(7-3,8-4)14(18)12(11)13(15)17;/h5-10,12-13H,1-4H3;11-14,17-18H,5-10H2,1-4H3;/q-1;;. The molecule has 0 amide bonds. The van der Waals surface area contributed by atoms with E-state index in [0.717, 1.165) is 55.3 Å². The molecule has 1 radical (unpaired) electrons. The molecule has 2 aromatic carbocycles. The summed E-state index contributed by atoms with van der Waals surface area (Å²) in [6, 6.07) is 16.5. The predicted molar refractivity (Wildman–Crippen MR) is 164 cm³/mol. The van der Waals surface area contributed by atoms with Gasteiger partial charge in [-0.3, -0.25) is 0 Å². The second kappa shape index (κ2) is 13.2. The van der Waals surface area contributed by atoms with E-state index in [1.807, 2.05) is 6.20 Å². The second-order valence-corrected chi connectivity index (χ2v) is 12.8. The quantitative estimate of drug-likeness (QED) is 0.251. The third-order valence-electron chi connectivity index (χ3n) is 10.5. The number of aromatic nitrogens is 1. The Morgan fingerprint density at radius 1 is 0.875 bits per heavy atom. The van der Waals surface area contributed by atoms with Gasteiger partial charge >= 0.3 is 0 Å². The molecule has 2 saturated carbocycles. The molecule has 2 N–H and O–H groups in total. The molecular formula is C36H50IrNO2-. The van der Waals surface area contributed by atoms with Crippen LogP contribution < -0.4 is 0 Å². The summed E-state index contributed by atoms with van der Waals surface area (Å²) in [6.07, 6.45) is 7.67. The van der Waals surface area contributed by atoms with Gasteiger partial charge in [0, 0.05) is 32.2 Å². The topological polar surface area (TPSA) is 53.4 Å². The van der Waals surface area contributed by atoms with E-state index < -0.39 is 0 Å². The van der Waals surface area contributed by atoms with Gasteiger partial charge in [0.2, 0.25) is 0 Å². The molecule has 0 aliphatic heterocycles. The molecule has 2 unspecified atom stereocenters. The molecule has 0 bridgehead atoms. The first kappa shape index (κ1) is 32.9. The molecular weight excluding hydrogens is 671 g/mol. The molecule has 2 atom stereocenters. The van der Waals surface area contributed by atoms with E-state index in [1.54, 1.807) is 0 Å². The van der Waals surface area contributed by atoms with Crippen LogP contribution in [0.3, 0.4) is 0 Å². The zero-order valence-electron chi connectivity index (χ0n) is 25.8. The van der Waals surface area contributed by atoms with Gasteiger partial charge < -0.3 is 15.2 Å². The van der Waals surface area contributed by atoms with Crippen LogP contribution in [0.1, 0.15) is 103 Å². The van der Waals surface area contributed by atoms with E-state index in [-0.39, 0.29) is 49.1 Å². The van der Waals surface area contributed by atoms with Crippen molar-refractivity contribution < 1.29 is 30.3 Å². The monoisotopic (exact) mass is 721 g/mol. The molecule has 0 saturated heterocycles. The number of aliphatic hydroxyl groups is 2. The number of hydrogen-bond acceptors (Lipinski definition) is 3. The van der Waals surface area contributed by atoms with E-state index in [0.29, 0.717) is 11.8 Å². The van der Waals surface area contributed by atoms with Crippen molar-refractivity contribution in [3.8, 4) is 11.3 Å². The van der Waals surface area contributed by atoms with Crippen LogP contribution in [0.2, 0.25) is 0 Å². The van der Waals surface area contributed by atoms with Gasteiger partial charge in [-0.05, 0) is 89.3 Å². The zero-order chi connectivity index (χ0) is 28.5. The van der Waals surface area contributed by atoms with Gasteiger partial charge in [-0.1, -0.05) is 73.6 Å². The molecule has 1 heterocycles. The summed E-state index contributed by atoms with van der Waals surface area (Å²) in [5, 5.41) is 23.9. The van der Waals surface area contributed by atoms with Gasteiger partial charge in [0.15, 0.2) is 0 Å². The zero-order valence-corrected chi connectivity index (χ0v) is 28.2. The minimum absolute atomic E-state index is 0. The molecule has 2 aliphatic rings. The normalized spacial score (nSPS) is 24.4. The van der Waals surface area contributed by atoms with Crippen LogP contribution in [0, 0.1) is 42.6 Å². The summed E-state index contributed by atoms with van der Waals surface area (Å²) in [5.41, 5.74) is 6.01. The van der Waals surface area contributed by atoms with E-state index in [9.17, 15) is 10.2 Å². The van der Waals surface area contributed by atoms with Gasteiger partial charge in [0.05, 0.1) is 12.2 Å². The van der Waals surface area contributed by atoms with Gasteiger partial charge in [-0.2, -0.15) is 0 Å². The molecule has 4 heteroatoms. The number of benzene rings is 2. The molecule has 3 nitrogen and oxygen atoms in total. The van der Waals surface area contributed by atoms with E-state index in [4.69, 9.17) is 0 Å². The van der Waals surface area contributed by atoms with Crippen LogP contribution in [0.15, 0.2) is 42.6 Å². The SMILES string of the molecule is CCC1(CC)CC2CC(CC)(CC)C(O)C2C1O.Cc1[c-]c(-c2nccc3ccc(C(C)C)cc23)cc(C)c1.[Ir].